The van der Waals surface area contributed by atoms with E-state index in [0.717, 1.165) is 31.6 Å². The van der Waals surface area contributed by atoms with Crippen LogP contribution in [0.5, 0.6) is 5.75 Å². The van der Waals surface area contributed by atoms with Crippen molar-refractivity contribution < 1.29 is 23.0 Å². The number of aromatic hydroxyl groups is 1. The van der Waals surface area contributed by atoms with Crippen molar-refractivity contribution in [1.29, 1.82) is 0 Å². The van der Waals surface area contributed by atoms with Crippen LogP contribution in [0.3, 0.4) is 0 Å². The minimum Gasteiger partial charge on any atom is -0.507 e. The molecule has 0 radical (unpaired) electrons. The molecule has 1 aromatic carbocycles. The zero-order valence-electron chi connectivity index (χ0n) is 17.1. The Morgan fingerprint density at radius 3 is 2.71 bits per heavy atom. The molecule has 2 unspecified atom stereocenters. The molecule has 2 aliphatic heterocycles. The van der Waals surface area contributed by atoms with Crippen LogP contribution in [0.1, 0.15) is 30.9 Å². The van der Waals surface area contributed by atoms with Gasteiger partial charge in [-0.1, -0.05) is 6.92 Å². The highest BCUT2D eigenvalue weighted by Crippen LogP contribution is 2.38. The zero-order valence-corrected chi connectivity index (χ0v) is 17.1. The quantitative estimate of drug-likeness (QED) is 0.662. The van der Waals surface area contributed by atoms with E-state index in [0.29, 0.717) is 41.5 Å². The maximum atomic E-state index is 12.9. The summed E-state index contributed by atoms with van der Waals surface area (Å²) in [5.41, 5.74) is 11.8. The number of halogens is 3. The number of alkyl halides is 3. The summed E-state index contributed by atoms with van der Waals surface area (Å²) in [5.74, 6) is 0.359. The van der Waals surface area contributed by atoms with Gasteiger partial charge in [0.05, 0.1) is 23.5 Å². The third-order valence-corrected chi connectivity index (χ3v) is 6.01. The Morgan fingerprint density at radius 1 is 1.29 bits per heavy atom. The fourth-order valence-corrected chi connectivity index (χ4v) is 4.46. The predicted molar refractivity (Wildman–Crippen MR) is 110 cm³/mol. The Labute approximate surface area is 177 Å². The summed E-state index contributed by atoms with van der Waals surface area (Å²) < 4.78 is 44.8. The largest absolute Gasteiger partial charge is 0.507 e. The number of pyridine rings is 1. The molecular formula is C22H25F3N4O2. The summed E-state index contributed by atoms with van der Waals surface area (Å²) in [4.78, 5) is 6.38. The lowest BCUT2D eigenvalue weighted by Crippen LogP contribution is -2.43. The van der Waals surface area contributed by atoms with Crippen molar-refractivity contribution in [3.05, 3.63) is 58.2 Å². The molecule has 2 fully saturated rings. The van der Waals surface area contributed by atoms with Gasteiger partial charge in [-0.2, -0.15) is 13.2 Å². The Balaban J connectivity index is 1.77. The van der Waals surface area contributed by atoms with Crippen LogP contribution in [0.4, 0.5) is 13.2 Å². The van der Waals surface area contributed by atoms with Crippen molar-refractivity contribution in [2.45, 2.75) is 31.5 Å². The van der Waals surface area contributed by atoms with Crippen molar-refractivity contribution in [1.82, 2.24) is 9.88 Å². The Bertz CT molecular complexity index is 1120. The number of nitrogens with two attached hydrogens (primary N) is 2. The highest BCUT2D eigenvalue weighted by atomic mass is 19.4. The van der Waals surface area contributed by atoms with E-state index in [-0.39, 0.29) is 16.9 Å². The number of nitrogens with zero attached hydrogens (tertiary/aromatic N) is 2. The summed E-state index contributed by atoms with van der Waals surface area (Å²) in [6.07, 6.45) is -1.15. The molecule has 2 aliphatic rings. The zero-order chi connectivity index (χ0) is 22.4. The first-order valence-corrected chi connectivity index (χ1v) is 10.1. The molecule has 0 amide bonds. The lowest BCUT2D eigenvalue weighted by atomic mass is 9.95. The molecule has 2 saturated heterocycles. The molecule has 166 valence electrons. The molecule has 4 rings (SSSR count). The standard InChI is InChI=1S/C22H25F3N4O2/c1-13-10-21(31-11-13)6-8-29(12-21)20(27)19-16(3-2-7-28-19)18(26)15-5-4-14(9-17(15)30)22(23,24)25/h2-5,7,9,13,30H,6,8,10-12,26-27H2,1H3/b18-16-,20-19-. The lowest BCUT2D eigenvalue weighted by molar-refractivity contribution is -0.137. The second-order valence-corrected chi connectivity index (χ2v) is 8.40. The second kappa shape index (κ2) is 7.64. The number of hydrogen-bond donors (Lipinski definition) is 3. The molecule has 0 aliphatic carbocycles. The van der Waals surface area contributed by atoms with Crippen molar-refractivity contribution in [3.63, 3.8) is 0 Å². The van der Waals surface area contributed by atoms with Gasteiger partial charge >= 0.3 is 6.18 Å². The van der Waals surface area contributed by atoms with Gasteiger partial charge < -0.3 is 26.2 Å². The van der Waals surface area contributed by atoms with Crippen molar-refractivity contribution in [3.8, 4) is 5.75 Å². The average Bonchev–Trinajstić information content (AvgIpc) is 3.31. The third-order valence-electron chi connectivity index (χ3n) is 6.01. The van der Waals surface area contributed by atoms with Crippen LogP contribution in [0.2, 0.25) is 0 Å². The minimum absolute atomic E-state index is 0.0842. The minimum atomic E-state index is -4.56. The highest BCUT2D eigenvalue weighted by molar-refractivity contribution is 5.68. The van der Waals surface area contributed by atoms with E-state index >= 15 is 0 Å². The van der Waals surface area contributed by atoms with E-state index in [2.05, 4.69) is 11.9 Å². The normalized spacial score (nSPS) is 25.8. The first-order chi connectivity index (χ1) is 14.6. The first kappa shape index (κ1) is 21.3. The third kappa shape index (κ3) is 4.01. The summed E-state index contributed by atoms with van der Waals surface area (Å²) in [5, 5.41) is 11.1. The number of phenolic OH excluding ortho intramolecular Hbond substituents is 1. The fraction of sp³-hybridized carbons (Fsp3) is 0.409. The molecule has 0 bridgehead atoms. The van der Waals surface area contributed by atoms with E-state index in [4.69, 9.17) is 16.2 Å². The second-order valence-electron chi connectivity index (χ2n) is 8.40. The topological polar surface area (TPSA) is 97.6 Å². The van der Waals surface area contributed by atoms with Gasteiger partial charge in [-0.05, 0) is 49.1 Å². The molecule has 0 saturated carbocycles. The number of likely N-dealkylation sites (tertiary alicyclic amines) is 1. The van der Waals surface area contributed by atoms with Crippen LogP contribution in [-0.4, -0.2) is 40.3 Å². The van der Waals surface area contributed by atoms with Gasteiger partial charge in [0.2, 0.25) is 0 Å². The number of ether oxygens (including phenoxy) is 1. The first-order valence-electron chi connectivity index (χ1n) is 10.1. The SMILES string of the molecule is CC1COC2(CCN(/C(N)=c3\nccc\c3=C(\N)c3ccc(C(F)(F)F)cc3O)C2)C1. The van der Waals surface area contributed by atoms with Crippen LogP contribution < -0.4 is 22.0 Å². The molecular weight excluding hydrogens is 409 g/mol. The van der Waals surface area contributed by atoms with E-state index < -0.39 is 17.5 Å². The van der Waals surface area contributed by atoms with Gasteiger partial charge in [-0.15, -0.1) is 0 Å². The monoisotopic (exact) mass is 434 g/mol. The number of rotatable bonds is 2. The predicted octanol–water partition coefficient (Wildman–Crippen LogP) is 1.45. The van der Waals surface area contributed by atoms with Crippen LogP contribution in [0, 0.1) is 5.92 Å². The molecule has 9 heteroatoms. The fourth-order valence-electron chi connectivity index (χ4n) is 4.46. The van der Waals surface area contributed by atoms with Gasteiger partial charge in [0.25, 0.3) is 0 Å². The van der Waals surface area contributed by atoms with E-state index in [1.165, 1.54) is 0 Å². The smallest absolute Gasteiger partial charge is 0.416 e. The molecule has 6 nitrogen and oxygen atoms in total. The Morgan fingerprint density at radius 2 is 2.06 bits per heavy atom. The summed E-state index contributed by atoms with van der Waals surface area (Å²) in [6, 6.07) is 6.04. The van der Waals surface area contributed by atoms with Crippen LogP contribution in [0.25, 0.3) is 11.5 Å². The van der Waals surface area contributed by atoms with Gasteiger partial charge in [-0.25, -0.2) is 0 Å². The molecule has 2 aromatic rings. The maximum absolute atomic E-state index is 12.9. The van der Waals surface area contributed by atoms with E-state index in [1.54, 1.807) is 18.3 Å². The van der Waals surface area contributed by atoms with Crippen LogP contribution in [-0.2, 0) is 10.9 Å². The van der Waals surface area contributed by atoms with Gasteiger partial charge in [0.1, 0.15) is 16.9 Å². The summed E-state index contributed by atoms with van der Waals surface area (Å²) in [6.45, 7) is 4.24. The summed E-state index contributed by atoms with van der Waals surface area (Å²) in [7, 11) is 0. The number of aromatic nitrogens is 1. The summed E-state index contributed by atoms with van der Waals surface area (Å²) >= 11 is 0. The molecule has 2 atom stereocenters. The van der Waals surface area contributed by atoms with E-state index in [1.807, 2.05) is 4.90 Å². The van der Waals surface area contributed by atoms with Crippen molar-refractivity contribution >= 4 is 11.5 Å². The maximum Gasteiger partial charge on any atom is 0.416 e. The van der Waals surface area contributed by atoms with Gasteiger partial charge in [0.15, 0.2) is 0 Å². The number of benzene rings is 1. The average molecular weight is 434 g/mol. The lowest BCUT2D eigenvalue weighted by Gasteiger charge is -2.24. The Hall–Kier alpha value is -2.94. The molecule has 1 spiro atoms. The highest BCUT2D eigenvalue weighted by Gasteiger charge is 2.44. The van der Waals surface area contributed by atoms with Gasteiger partial charge in [-0.3, -0.25) is 4.98 Å². The van der Waals surface area contributed by atoms with Crippen molar-refractivity contribution in [2.75, 3.05) is 19.7 Å². The molecule has 3 heterocycles. The number of phenols is 1. The molecule has 5 N–H and O–H groups in total. The van der Waals surface area contributed by atoms with Crippen molar-refractivity contribution in [2.24, 2.45) is 17.4 Å². The molecule has 1 aromatic heterocycles. The molecule has 31 heavy (non-hydrogen) atoms. The Kier molecular flexibility index (Phi) is 5.25. The van der Waals surface area contributed by atoms with Gasteiger partial charge in [0, 0.05) is 30.1 Å². The number of hydrogen-bond acceptors (Lipinski definition) is 6. The van der Waals surface area contributed by atoms with Crippen LogP contribution >= 0.6 is 0 Å². The van der Waals surface area contributed by atoms with E-state index in [9.17, 15) is 18.3 Å². The van der Waals surface area contributed by atoms with Crippen LogP contribution in [0.15, 0.2) is 36.5 Å².